The summed E-state index contributed by atoms with van der Waals surface area (Å²) in [5, 5.41) is 12.1. The van der Waals surface area contributed by atoms with Crippen molar-refractivity contribution >= 4 is 46.3 Å². The molecule has 1 aliphatic heterocycles. The molecule has 4 rings (SSSR count). The van der Waals surface area contributed by atoms with Crippen LogP contribution in [0.15, 0.2) is 78.4 Å². The number of benzene rings is 3. The van der Waals surface area contributed by atoms with Crippen LogP contribution in [0.5, 0.6) is 5.75 Å². The van der Waals surface area contributed by atoms with Crippen molar-refractivity contribution in [3.05, 3.63) is 99.5 Å². The van der Waals surface area contributed by atoms with Crippen LogP contribution in [-0.4, -0.2) is 23.9 Å². The van der Waals surface area contributed by atoms with Crippen LogP contribution in [-0.2, 0) is 9.59 Å². The summed E-state index contributed by atoms with van der Waals surface area (Å²) in [5.74, 6) is -1.59. The predicted octanol–water partition coefficient (Wildman–Crippen LogP) is 5.63. The van der Waals surface area contributed by atoms with Crippen molar-refractivity contribution in [1.29, 1.82) is 0 Å². The van der Waals surface area contributed by atoms with Gasteiger partial charge in [0, 0.05) is 15.7 Å². The number of anilines is 1. The van der Waals surface area contributed by atoms with E-state index >= 15 is 0 Å². The van der Waals surface area contributed by atoms with Crippen molar-refractivity contribution in [2.45, 2.75) is 6.04 Å². The third kappa shape index (κ3) is 3.78. The maximum Gasteiger partial charge on any atom is 0.300 e. The number of aliphatic hydroxyl groups excluding tert-OH is 1. The molecule has 0 bridgehead atoms. The van der Waals surface area contributed by atoms with E-state index in [2.05, 4.69) is 0 Å². The van der Waals surface area contributed by atoms with E-state index in [1.807, 2.05) is 6.07 Å². The number of nitrogens with zero attached hydrogens (tertiary/aromatic N) is 1. The van der Waals surface area contributed by atoms with Crippen LogP contribution in [0, 0.1) is 0 Å². The van der Waals surface area contributed by atoms with Gasteiger partial charge in [0.25, 0.3) is 11.7 Å². The highest BCUT2D eigenvalue weighted by Crippen LogP contribution is 2.43. The predicted molar refractivity (Wildman–Crippen MR) is 121 cm³/mol. The number of ether oxygens (including phenoxy) is 1. The Balaban J connectivity index is 1.97. The molecular weight excluding hydrogens is 437 g/mol. The van der Waals surface area contributed by atoms with Crippen molar-refractivity contribution in [3.63, 3.8) is 0 Å². The average molecular weight is 454 g/mol. The lowest BCUT2D eigenvalue weighted by atomic mass is 9.95. The first-order chi connectivity index (χ1) is 14.9. The summed E-state index contributed by atoms with van der Waals surface area (Å²) >= 11 is 12.1. The Hall–Kier alpha value is -3.28. The number of rotatable bonds is 4. The molecule has 1 aliphatic rings. The maximum atomic E-state index is 13.1. The van der Waals surface area contributed by atoms with E-state index in [9.17, 15) is 14.7 Å². The number of ketones is 1. The molecule has 0 radical (unpaired) electrons. The van der Waals surface area contributed by atoms with Crippen molar-refractivity contribution in [3.8, 4) is 5.75 Å². The zero-order valence-electron chi connectivity index (χ0n) is 16.4. The molecule has 1 atom stereocenters. The van der Waals surface area contributed by atoms with Gasteiger partial charge in [0.1, 0.15) is 11.5 Å². The third-order valence-corrected chi connectivity index (χ3v) is 5.57. The summed E-state index contributed by atoms with van der Waals surface area (Å²) < 4.78 is 5.33. The lowest BCUT2D eigenvalue weighted by molar-refractivity contribution is -0.132. The Kier molecular flexibility index (Phi) is 5.72. The highest BCUT2D eigenvalue weighted by molar-refractivity contribution is 6.51. The summed E-state index contributed by atoms with van der Waals surface area (Å²) in [4.78, 5) is 27.6. The standard InChI is InChI=1S/C24H17Cl2NO4/c1-31-19-12-9-16(26)13-18(19)22(28)20-21(14-5-3-2-4-6-14)27(24(30)23(20)29)17-10-7-15(25)8-11-17/h2-13,21,28H,1H3/b22-20+. The van der Waals surface area contributed by atoms with Gasteiger partial charge in [-0.15, -0.1) is 0 Å². The Bertz CT molecular complexity index is 1190. The molecule has 1 amide bonds. The normalized spacial score (nSPS) is 17.8. The van der Waals surface area contributed by atoms with Crippen LogP contribution in [0.3, 0.4) is 0 Å². The summed E-state index contributed by atoms with van der Waals surface area (Å²) in [5.41, 5.74) is 1.33. The van der Waals surface area contributed by atoms with Gasteiger partial charge >= 0.3 is 0 Å². The number of amides is 1. The minimum atomic E-state index is -0.842. The van der Waals surface area contributed by atoms with Crippen LogP contribution in [0.1, 0.15) is 17.2 Å². The second-order valence-electron chi connectivity index (χ2n) is 6.90. The van der Waals surface area contributed by atoms with Gasteiger partial charge in [-0.1, -0.05) is 53.5 Å². The third-order valence-electron chi connectivity index (χ3n) is 5.08. The van der Waals surface area contributed by atoms with E-state index < -0.39 is 17.7 Å². The van der Waals surface area contributed by atoms with Gasteiger partial charge in [-0.2, -0.15) is 0 Å². The first kappa shape index (κ1) is 21.0. The number of Topliss-reactive ketones (excluding diaryl/α,β-unsaturated/α-hetero) is 1. The smallest absolute Gasteiger partial charge is 0.300 e. The topological polar surface area (TPSA) is 66.8 Å². The van der Waals surface area contributed by atoms with Crippen LogP contribution < -0.4 is 9.64 Å². The van der Waals surface area contributed by atoms with E-state index in [0.717, 1.165) is 0 Å². The van der Waals surface area contributed by atoms with Crippen molar-refractivity contribution in [2.75, 3.05) is 12.0 Å². The molecular formula is C24H17Cl2NO4. The maximum absolute atomic E-state index is 13.1. The lowest BCUT2D eigenvalue weighted by Gasteiger charge is -2.25. The van der Waals surface area contributed by atoms with E-state index in [4.69, 9.17) is 27.9 Å². The lowest BCUT2D eigenvalue weighted by Crippen LogP contribution is -2.29. The fourth-order valence-electron chi connectivity index (χ4n) is 3.66. The molecule has 1 fully saturated rings. The summed E-state index contributed by atoms with van der Waals surface area (Å²) in [7, 11) is 1.45. The van der Waals surface area contributed by atoms with Crippen molar-refractivity contribution in [2.24, 2.45) is 0 Å². The molecule has 1 heterocycles. The summed E-state index contributed by atoms with van der Waals surface area (Å²) in [6.45, 7) is 0. The molecule has 1 unspecified atom stereocenters. The molecule has 5 nitrogen and oxygen atoms in total. The molecule has 31 heavy (non-hydrogen) atoms. The van der Waals surface area contributed by atoms with Gasteiger partial charge in [-0.3, -0.25) is 14.5 Å². The zero-order chi connectivity index (χ0) is 22.1. The van der Waals surface area contributed by atoms with Gasteiger partial charge in [0.2, 0.25) is 0 Å². The zero-order valence-corrected chi connectivity index (χ0v) is 17.9. The Morgan fingerprint density at radius 1 is 0.935 bits per heavy atom. The Morgan fingerprint density at radius 3 is 2.23 bits per heavy atom. The first-order valence-electron chi connectivity index (χ1n) is 9.38. The van der Waals surface area contributed by atoms with Crippen LogP contribution in [0.25, 0.3) is 5.76 Å². The fraction of sp³-hybridized carbons (Fsp3) is 0.0833. The first-order valence-corrected chi connectivity index (χ1v) is 10.1. The van der Waals surface area contributed by atoms with Crippen LogP contribution >= 0.6 is 23.2 Å². The molecule has 156 valence electrons. The number of halogens is 2. The van der Waals surface area contributed by atoms with Gasteiger partial charge in [0.05, 0.1) is 24.3 Å². The number of hydrogen-bond acceptors (Lipinski definition) is 4. The van der Waals surface area contributed by atoms with E-state index in [1.54, 1.807) is 60.7 Å². The number of aliphatic hydroxyl groups is 1. The molecule has 0 aliphatic carbocycles. The quantitative estimate of drug-likeness (QED) is 0.315. The fourth-order valence-corrected chi connectivity index (χ4v) is 3.96. The SMILES string of the molecule is COc1ccc(Cl)cc1/C(O)=C1\C(=O)C(=O)N(c2ccc(Cl)cc2)C1c1ccccc1. The van der Waals surface area contributed by atoms with E-state index in [0.29, 0.717) is 27.0 Å². The molecule has 1 saturated heterocycles. The van der Waals surface area contributed by atoms with E-state index in [1.165, 1.54) is 18.1 Å². The molecule has 3 aromatic carbocycles. The van der Waals surface area contributed by atoms with Crippen molar-refractivity contribution < 1.29 is 19.4 Å². The molecule has 0 saturated carbocycles. The van der Waals surface area contributed by atoms with Gasteiger partial charge < -0.3 is 9.84 Å². The largest absolute Gasteiger partial charge is 0.507 e. The van der Waals surface area contributed by atoms with Crippen LogP contribution in [0.2, 0.25) is 10.0 Å². The second-order valence-corrected chi connectivity index (χ2v) is 7.77. The average Bonchev–Trinajstić information content (AvgIpc) is 3.05. The number of carbonyl (C=O) groups is 2. The minimum Gasteiger partial charge on any atom is -0.507 e. The monoisotopic (exact) mass is 453 g/mol. The van der Waals surface area contributed by atoms with Gasteiger partial charge in [-0.25, -0.2) is 0 Å². The Labute approximate surface area is 189 Å². The van der Waals surface area contributed by atoms with Crippen molar-refractivity contribution in [1.82, 2.24) is 0 Å². The summed E-state index contributed by atoms with van der Waals surface area (Å²) in [6, 6.07) is 19.5. The number of carbonyl (C=O) groups excluding carboxylic acids is 2. The Morgan fingerprint density at radius 2 is 1.58 bits per heavy atom. The molecule has 1 N–H and O–H groups in total. The van der Waals surface area contributed by atoms with E-state index in [-0.39, 0.29) is 16.9 Å². The molecule has 0 spiro atoms. The minimum absolute atomic E-state index is 0.0493. The second kappa shape index (κ2) is 8.46. The number of methoxy groups -OCH3 is 1. The van der Waals surface area contributed by atoms with Gasteiger partial charge in [0.15, 0.2) is 0 Å². The summed E-state index contributed by atoms with van der Waals surface area (Å²) in [6.07, 6.45) is 0. The van der Waals surface area contributed by atoms with Gasteiger partial charge in [-0.05, 0) is 48.0 Å². The number of hydrogen-bond donors (Lipinski definition) is 1. The highest BCUT2D eigenvalue weighted by atomic mass is 35.5. The molecule has 7 heteroatoms. The van der Waals surface area contributed by atoms with Crippen LogP contribution in [0.4, 0.5) is 5.69 Å². The molecule has 3 aromatic rings. The molecule has 0 aromatic heterocycles. The highest BCUT2D eigenvalue weighted by Gasteiger charge is 2.47.